The van der Waals surface area contributed by atoms with Crippen molar-refractivity contribution in [2.24, 2.45) is 10.1 Å². The molecule has 0 radical (unpaired) electrons. The SMILES string of the molecule is CS(=O)(=O)CCNCCCCON=C1C=CC2NC=NC(Nc3ccc(OCc4cccc(F)c4)c(Cl)c3)=C2C1. The fraction of sp³-hybridized carbons (Fsp3) is 0.357. The van der Waals surface area contributed by atoms with E-state index in [4.69, 9.17) is 21.2 Å². The summed E-state index contributed by atoms with van der Waals surface area (Å²) in [7, 11) is -2.94. The van der Waals surface area contributed by atoms with Gasteiger partial charge in [0.15, 0.2) is 0 Å². The Morgan fingerprint density at radius 1 is 1.20 bits per heavy atom. The second-order valence-corrected chi connectivity index (χ2v) is 12.2. The quantitative estimate of drug-likeness (QED) is 0.221. The molecule has 0 amide bonds. The Morgan fingerprint density at radius 3 is 2.88 bits per heavy atom. The summed E-state index contributed by atoms with van der Waals surface area (Å²) in [6.07, 6.45) is 9.06. The molecule has 3 N–H and O–H groups in total. The van der Waals surface area contributed by atoms with E-state index in [0.29, 0.717) is 41.7 Å². The molecule has 0 saturated carbocycles. The lowest BCUT2D eigenvalue weighted by Crippen LogP contribution is -2.36. The van der Waals surface area contributed by atoms with Crippen LogP contribution in [0, 0.1) is 5.82 Å². The fourth-order valence-electron chi connectivity index (χ4n) is 4.06. The number of ether oxygens (including phenoxy) is 1. The zero-order chi connectivity index (χ0) is 28.4. The van der Waals surface area contributed by atoms with E-state index >= 15 is 0 Å². The van der Waals surface area contributed by atoms with E-state index in [2.05, 4.69) is 26.1 Å². The van der Waals surface area contributed by atoms with Gasteiger partial charge >= 0.3 is 0 Å². The van der Waals surface area contributed by atoms with Crippen LogP contribution in [0.5, 0.6) is 5.75 Å². The Balaban J connectivity index is 1.28. The zero-order valence-electron chi connectivity index (χ0n) is 22.2. The third-order valence-electron chi connectivity index (χ3n) is 6.13. The highest BCUT2D eigenvalue weighted by atomic mass is 35.5. The molecule has 2 aromatic rings. The predicted octanol–water partition coefficient (Wildman–Crippen LogP) is 4.43. The number of hydrogen-bond donors (Lipinski definition) is 3. The van der Waals surface area contributed by atoms with Crippen LogP contribution in [0.2, 0.25) is 5.02 Å². The molecule has 0 aromatic heterocycles. The molecule has 9 nitrogen and oxygen atoms in total. The number of unbranched alkanes of at least 4 members (excludes halogenated alkanes) is 1. The molecule has 1 aliphatic heterocycles. The molecule has 0 bridgehead atoms. The minimum atomic E-state index is -2.94. The number of nitrogens with zero attached hydrogens (tertiary/aromatic N) is 2. The van der Waals surface area contributed by atoms with Gasteiger partial charge in [-0.15, -0.1) is 0 Å². The highest BCUT2D eigenvalue weighted by Gasteiger charge is 2.24. The molecular formula is C28H33ClFN5O4S. The topological polar surface area (TPSA) is 113 Å². The smallest absolute Gasteiger partial charge is 0.148 e. The van der Waals surface area contributed by atoms with Crippen LogP contribution in [0.25, 0.3) is 0 Å². The summed E-state index contributed by atoms with van der Waals surface area (Å²) in [6.45, 7) is 1.86. The van der Waals surface area contributed by atoms with Crippen LogP contribution in [0.1, 0.15) is 24.8 Å². The lowest BCUT2D eigenvalue weighted by molar-refractivity contribution is 0.140. The molecule has 1 aliphatic carbocycles. The number of aliphatic imine (C=N–C) groups is 1. The van der Waals surface area contributed by atoms with Crippen molar-refractivity contribution in [3.05, 3.63) is 82.4 Å². The summed E-state index contributed by atoms with van der Waals surface area (Å²) >= 11 is 6.46. The van der Waals surface area contributed by atoms with Gasteiger partial charge in [-0.25, -0.2) is 17.8 Å². The monoisotopic (exact) mass is 589 g/mol. The molecule has 0 saturated heterocycles. The van der Waals surface area contributed by atoms with Gasteiger partial charge in [0.25, 0.3) is 0 Å². The lowest BCUT2D eigenvalue weighted by atomic mass is 9.94. The van der Waals surface area contributed by atoms with E-state index in [1.54, 1.807) is 30.6 Å². The first-order chi connectivity index (χ1) is 19.3. The van der Waals surface area contributed by atoms with Gasteiger partial charge < -0.3 is 25.5 Å². The first-order valence-electron chi connectivity index (χ1n) is 13.0. The second-order valence-electron chi connectivity index (χ2n) is 9.50. The number of hydrogen-bond acceptors (Lipinski definition) is 9. The van der Waals surface area contributed by atoms with E-state index in [-0.39, 0.29) is 24.2 Å². The fourth-order valence-corrected chi connectivity index (χ4v) is 4.81. The van der Waals surface area contributed by atoms with Crippen molar-refractivity contribution in [1.29, 1.82) is 0 Å². The molecule has 12 heteroatoms. The number of benzene rings is 2. The highest BCUT2D eigenvalue weighted by Crippen LogP contribution is 2.31. The number of anilines is 1. The molecule has 0 fully saturated rings. The Bertz CT molecular complexity index is 1410. The molecule has 4 rings (SSSR count). The van der Waals surface area contributed by atoms with Crippen LogP contribution >= 0.6 is 11.6 Å². The van der Waals surface area contributed by atoms with Crippen molar-refractivity contribution in [1.82, 2.24) is 10.6 Å². The number of halogens is 2. The van der Waals surface area contributed by atoms with Gasteiger partial charge in [-0.3, -0.25) is 0 Å². The molecule has 2 aromatic carbocycles. The average molecular weight is 590 g/mol. The van der Waals surface area contributed by atoms with E-state index in [1.165, 1.54) is 18.4 Å². The van der Waals surface area contributed by atoms with E-state index in [1.807, 2.05) is 18.2 Å². The largest absolute Gasteiger partial charge is 0.487 e. The van der Waals surface area contributed by atoms with Crippen molar-refractivity contribution >= 4 is 39.2 Å². The van der Waals surface area contributed by atoms with Gasteiger partial charge in [-0.1, -0.05) is 35.0 Å². The van der Waals surface area contributed by atoms with Gasteiger partial charge in [0, 0.05) is 30.5 Å². The Kier molecular flexibility index (Phi) is 10.6. The van der Waals surface area contributed by atoms with Crippen LogP contribution in [0.4, 0.5) is 10.1 Å². The molecule has 40 heavy (non-hydrogen) atoms. The molecular weight excluding hydrogens is 557 g/mol. The van der Waals surface area contributed by atoms with E-state index in [9.17, 15) is 12.8 Å². The Morgan fingerprint density at radius 2 is 2.08 bits per heavy atom. The highest BCUT2D eigenvalue weighted by molar-refractivity contribution is 7.90. The van der Waals surface area contributed by atoms with Crippen LogP contribution in [-0.2, 0) is 21.3 Å². The summed E-state index contributed by atoms with van der Waals surface area (Å²) in [6, 6.07) is 11.6. The first kappa shape index (κ1) is 29.6. The van der Waals surface area contributed by atoms with Crippen LogP contribution in [0.3, 0.4) is 0 Å². The molecule has 214 valence electrons. The van der Waals surface area contributed by atoms with Gasteiger partial charge in [0.05, 0.1) is 28.9 Å². The number of nitrogens with one attached hydrogen (secondary N) is 3. The lowest BCUT2D eigenvalue weighted by Gasteiger charge is -2.27. The van der Waals surface area contributed by atoms with Gasteiger partial charge in [0.2, 0.25) is 0 Å². The molecule has 1 unspecified atom stereocenters. The number of oxime groups is 1. The van der Waals surface area contributed by atoms with Crippen molar-refractivity contribution in [3.63, 3.8) is 0 Å². The second kappa shape index (κ2) is 14.3. The van der Waals surface area contributed by atoms with Crippen LogP contribution in [-0.4, -0.2) is 58.2 Å². The van der Waals surface area contributed by atoms with Crippen molar-refractivity contribution in [2.75, 3.05) is 37.0 Å². The third kappa shape index (κ3) is 9.35. The number of rotatable bonds is 14. The summed E-state index contributed by atoms with van der Waals surface area (Å²) in [5, 5.41) is 14.4. The van der Waals surface area contributed by atoms with Crippen molar-refractivity contribution in [2.45, 2.75) is 31.9 Å². The van der Waals surface area contributed by atoms with Crippen molar-refractivity contribution in [3.8, 4) is 5.75 Å². The summed E-state index contributed by atoms with van der Waals surface area (Å²) in [4.78, 5) is 10.0. The molecule has 1 atom stereocenters. The maximum Gasteiger partial charge on any atom is 0.148 e. The normalized spacial score (nSPS) is 17.5. The van der Waals surface area contributed by atoms with Crippen LogP contribution < -0.4 is 20.7 Å². The van der Waals surface area contributed by atoms with Gasteiger partial charge in [0.1, 0.15) is 40.4 Å². The number of sulfone groups is 1. The predicted molar refractivity (Wildman–Crippen MR) is 157 cm³/mol. The minimum Gasteiger partial charge on any atom is -0.487 e. The van der Waals surface area contributed by atoms with Crippen LogP contribution in [0.15, 0.2) is 76.2 Å². The molecule has 0 spiro atoms. The standard InChI is InChI=1S/C28H33ClFN5O4S/c1-40(36,37)14-12-31-11-2-3-13-39-35-23-7-9-26-24(16-23)28(33-19-32-26)34-22-8-10-27(25(29)17-22)38-18-20-5-4-6-21(30)15-20/h4-10,15,17,19,26,31,34H,2-3,11-14,16,18H2,1H3,(H,32,33). The summed E-state index contributed by atoms with van der Waals surface area (Å²) < 4.78 is 41.5. The third-order valence-corrected chi connectivity index (χ3v) is 7.37. The summed E-state index contributed by atoms with van der Waals surface area (Å²) in [5.74, 6) is 1.02. The Hall–Kier alpha value is -3.41. The maximum absolute atomic E-state index is 13.4. The van der Waals surface area contributed by atoms with E-state index in [0.717, 1.165) is 36.4 Å². The van der Waals surface area contributed by atoms with Gasteiger partial charge in [-0.05, 0) is 61.4 Å². The first-order valence-corrected chi connectivity index (χ1v) is 15.4. The molecule has 2 aliphatic rings. The minimum absolute atomic E-state index is 0.0127. The van der Waals surface area contributed by atoms with Gasteiger partial charge in [-0.2, -0.15) is 0 Å². The number of allylic oxidation sites excluding steroid dienone is 1. The zero-order valence-corrected chi connectivity index (χ0v) is 23.8. The molecule has 1 heterocycles. The average Bonchev–Trinajstić information content (AvgIpc) is 2.91. The Labute approximate surface area is 239 Å². The summed E-state index contributed by atoms with van der Waals surface area (Å²) in [5.41, 5.74) is 3.27. The number of fused-ring (bicyclic) bond motifs is 1. The van der Waals surface area contributed by atoms with E-state index < -0.39 is 9.84 Å². The maximum atomic E-state index is 13.4. The van der Waals surface area contributed by atoms with Crippen molar-refractivity contribution < 1.29 is 22.4 Å².